The van der Waals surface area contributed by atoms with E-state index in [9.17, 15) is 13.2 Å². The summed E-state index contributed by atoms with van der Waals surface area (Å²) in [5, 5.41) is 2.80. The molecule has 9 heteroatoms. The van der Waals surface area contributed by atoms with Crippen molar-refractivity contribution < 1.29 is 17.9 Å². The maximum atomic E-state index is 12.8. The number of benzene rings is 2. The third kappa shape index (κ3) is 4.96. The van der Waals surface area contributed by atoms with Gasteiger partial charge in [-0.05, 0) is 35.9 Å². The topological polar surface area (TPSA) is 75.7 Å². The quantitative estimate of drug-likeness (QED) is 0.619. The van der Waals surface area contributed by atoms with Crippen LogP contribution in [0.5, 0.6) is 5.75 Å². The summed E-state index contributed by atoms with van der Waals surface area (Å²) >= 11 is 3.82. The number of methoxy groups -OCH3 is 1. The Balaban J connectivity index is 1.83. The Hall–Kier alpha value is -1.68. The van der Waals surface area contributed by atoms with E-state index in [0.29, 0.717) is 34.7 Å². The first-order valence-corrected chi connectivity index (χ1v) is 13.3. The Kier molecular flexibility index (Phi) is 7.73. The van der Waals surface area contributed by atoms with Crippen LogP contribution in [0.25, 0.3) is 0 Å². The Morgan fingerprint density at radius 1 is 1.10 bits per heavy atom. The summed E-state index contributed by atoms with van der Waals surface area (Å²) in [6.45, 7) is 4.33. The fraction of sp³-hybridized carbons (Fsp3) is 0.381. The second kappa shape index (κ2) is 10.1. The minimum Gasteiger partial charge on any atom is -0.495 e. The summed E-state index contributed by atoms with van der Waals surface area (Å²) in [5.41, 5.74) is 2.02. The molecule has 0 radical (unpaired) electrons. The van der Waals surface area contributed by atoms with Gasteiger partial charge in [-0.25, -0.2) is 8.42 Å². The van der Waals surface area contributed by atoms with Gasteiger partial charge in [0.2, 0.25) is 10.0 Å². The van der Waals surface area contributed by atoms with Gasteiger partial charge in [0.15, 0.2) is 0 Å². The number of amides is 1. The van der Waals surface area contributed by atoms with Crippen molar-refractivity contribution in [2.24, 2.45) is 0 Å². The third-order valence-corrected chi connectivity index (χ3v) is 9.98. The first-order valence-electron chi connectivity index (χ1n) is 9.73. The zero-order valence-electron chi connectivity index (χ0n) is 17.3. The minimum atomic E-state index is -3.64. The van der Waals surface area contributed by atoms with E-state index in [1.165, 1.54) is 29.1 Å². The number of ether oxygens (including phenoxy) is 1. The molecule has 1 heterocycles. The molecule has 1 aliphatic rings. The van der Waals surface area contributed by atoms with Crippen molar-refractivity contribution in [1.29, 1.82) is 0 Å². The standard InChI is InChI=1S/C21H26N2O4S3/c1-4-23(5-2)30(25,26)17-10-11-19(27-3)18(14-17)22-20(24)15-6-8-16(9-7-15)21-28-12-13-29-21/h6-11,14,21H,4-5,12-13H2,1-3H3,(H,22,24). The van der Waals surface area contributed by atoms with Crippen molar-refractivity contribution in [3.8, 4) is 5.75 Å². The number of hydrogen-bond donors (Lipinski definition) is 1. The number of nitrogens with one attached hydrogen (secondary N) is 1. The van der Waals surface area contributed by atoms with Gasteiger partial charge in [0, 0.05) is 30.2 Å². The molecular weight excluding hydrogens is 440 g/mol. The number of thioether (sulfide) groups is 2. The molecule has 6 nitrogen and oxygen atoms in total. The highest BCUT2D eigenvalue weighted by atomic mass is 32.2. The predicted octanol–water partition coefficient (Wildman–Crippen LogP) is 4.46. The highest BCUT2D eigenvalue weighted by molar-refractivity contribution is 8.19. The largest absolute Gasteiger partial charge is 0.495 e. The predicted molar refractivity (Wildman–Crippen MR) is 125 cm³/mol. The van der Waals surface area contributed by atoms with Crippen LogP contribution in [0.15, 0.2) is 47.4 Å². The van der Waals surface area contributed by atoms with E-state index >= 15 is 0 Å². The molecule has 162 valence electrons. The molecule has 1 amide bonds. The maximum absolute atomic E-state index is 12.8. The Morgan fingerprint density at radius 3 is 2.30 bits per heavy atom. The van der Waals surface area contributed by atoms with Gasteiger partial charge in [-0.2, -0.15) is 4.31 Å². The van der Waals surface area contributed by atoms with Crippen LogP contribution >= 0.6 is 23.5 Å². The summed E-state index contributed by atoms with van der Waals surface area (Å²) in [7, 11) is -2.16. The zero-order chi connectivity index (χ0) is 21.7. The maximum Gasteiger partial charge on any atom is 0.255 e. The van der Waals surface area contributed by atoms with E-state index in [2.05, 4.69) is 5.32 Å². The number of rotatable bonds is 8. The van der Waals surface area contributed by atoms with Gasteiger partial charge in [-0.3, -0.25) is 4.79 Å². The van der Waals surface area contributed by atoms with Crippen LogP contribution in [0.2, 0.25) is 0 Å². The minimum absolute atomic E-state index is 0.118. The van der Waals surface area contributed by atoms with Crippen LogP contribution in [0.1, 0.15) is 34.4 Å². The highest BCUT2D eigenvalue weighted by Crippen LogP contribution is 2.45. The molecule has 0 unspecified atom stereocenters. The molecule has 1 aliphatic heterocycles. The molecule has 2 aromatic rings. The first-order chi connectivity index (χ1) is 14.4. The third-order valence-electron chi connectivity index (χ3n) is 4.83. The van der Waals surface area contributed by atoms with Gasteiger partial charge in [-0.15, -0.1) is 23.5 Å². The molecular formula is C21H26N2O4S3. The molecule has 3 rings (SSSR count). The lowest BCUT2D eigenvalue weighted by Gasteiger charge is -2.19. The Morgan fingerprint density at radius 2 is 1.73 bits per heavy atom. The summed E-state index contributed by atoms with van der Waals surface area (Å²) in [4.78, 5) is 12.9. The number of carbonyl (C=O) groups is 1. The molecule has 0 saturated carbocycles. The van der Waals surface area contributed by atoms with Crippen molar-refractivity contribution >= 4 is 45.1 Å². The smallest absolute Gasteiger partial charge is 0.255 e. The molecule has 1 saturated heterocycles. The van der Waals surface area contributed by atoms with E-state index in [1.54, 1.807) is 32.0 Å². The zero-order valence-corrected chi connectivity index (χ0v) is 19.7. The van der Waals surface area contributed by atoms with Crippen LogP contribution in [0, 0.1) is 0 Å². The van der Waals surface area contributed by atoms with Crippen molar-refractivity contribution in [1.82, 2.24) is 4.31 Å². The number of carbonyl (C=O) groups excluding carboxylic acids is 1. The van der Waals surface area contributed by atoms with E-state index in [0.717, 1.165) is 11.5 Å². The van der Waals surface area contributed by atoms with Gasteiger partial charge >= 0.3 is 0 Å². The van der Waals surface area contributed by atoms with E-state index in [1.807, 2.05) is 35.7 Å². The fourth-order valence-electron chi connectivity index (χ4n) is 3.19. The fourth-order valence-corrected chi connectivity index (χ4v) is 7.54. The molecule has 0 aromatic heterocycles. The normalized spacial score (nSPS) is 14.8. The molecule has 1 fully saturated rings. The van der Waals surface area contributed by atoms with Crippen molar-refractivity contribution in [3.63, 3.8) is 0 Å². The number of nitrogens with zero attached hydrogens (tertiary/aromatic N) is 1. The van der Waals surface area contributed by atoms with Gasteiger partial charge in [0.05, 0.1) is 22.3 Å². The first kappa shape index (κ1) is 23.0. The molecule has 0 atom stereocenters. The molecule has 2 aromatic carbocycles. The van der Waals surface area contributed by atoms with Gasteiger partial charge < -0.3 is 10.1 Å². The lowest BCUT2D eigenvalue weighted by atomic mass is 10.1. The molecule has 0 aliphatic carbocycles. The van der Waals surface area contributed by atoms with E-state index < -0.39 is 10.0 Å². The monoisotopic (exact) mass is 466 g/mol. The summed E-state index contributed by atoms with van der Waals surface area (Å²) in [6, 6.07) is 12.1. The number of sulfonamides is 1. The number of anilines is 1. The van der Waals surface area contributed by atoms with Gasteiger partial charge in [-0.1, -0.05) is 26.0 Å². The van der Waals surface area contributed by atoms with E-state index in [-0.39, 0.29) is 10.8 Å². The second-order valence-corrected chi connectivity index (χ2v) is 11.3. The second-order valence-electron chi connectivity index (χ2n) is 6.60. The lowest BCUT2D eigenvalue weighted by Crippen LogP contribution is -2.30. The van der Waals surface area contributed by atoms with Crippen LogP contribution in [0.3, 0.4) is 0 Å². The van der Waals surface area contributed by atoms with Crippen LogP contribution in [-0.4, -0.2) is 50.3 Å². The molecule has 0 bridgehead atoms. The lowest BCUT2D eigenvalue weighted by molar-refractivity contribution is 0.102. The Bertz CT molecular complexity index is 984. The van der Waals surface area contributed by atoms with Crippen molar-refractivity contribution in [3.05, 3.63) is 53.6 Å². The van der Waals surface area contributed by atoms with Crippen molar-refractivity contribution in [2.75, 3.05) is 37.0 Å². The molecule has 30 heavy (non-hydrogen) atoms. The van der Waals surface area contributed by atoms with E-state index in [4.69, 9.17) is 4.74 Å². The average Bonchev–Trinajstić information content (AvgIpc) is 3.29. The highest BCUT2D eigenvalue weighted by Gasteiger charge is 2.24. The van der Waals surface area contributed by atoms with Crippen LogP contribution in [-0.2, 0) is 10.0 Å². The van der Waals surface area contributed by atoms with Crippen LogP contribution in [0.4, 0.5) is 5.69 Å². The Labute approximate surface area is 186 Å². The molecule has 1 N–H and O–H groups in total. The summed E-state index contributed by atoms with van der Waals surface area (Å²) < 4.78 is 32.8. The molecule has 0 spiro atoms. The summed E-state index contributed by atoms with van der Waals surface area (Å²) in [6.07, 6.45) is 0. The SMILES string of the molecule is CCN(CC)S(=O)(=O)c1ccc(OC)c(NC(=O)c2ccc(C3SCCS3)cc2)c1. The van der Waals surface area contributed by atoms with Gasteiger partial charge in [0.1, 0.15) is 5.75 Å². The van der Waals surface area contributed by atoms with Crippen molar-refractivity contribution in [2.45, 2.75) is 23.3 Å². The van der Waals surface area contributed by atoms with Gasteiger partial charge in [0.25, 0.3) is 5.91 Å². The number of hydrogen-bond acceptors (Lipinski definition) is 6. The summed E-state index contributed by atoms with van der Waals surface area (Å²) in [5.74, 6) is 2.37. The van der Waals surface area contributed by atoms with Crippen LogP contribution < -0.4 is 10.1 Å². The average molecular weight is 467 g/mol.